The SMILES string of the molecule is CC(=O)c1c(C)nc2c(c1-c1cccs1)C(N)C(C(=O)O)S2. The Morgan fingerprint density at radius 1 is 1.41 bits per heavy atom. The number of aromatic nitrogens is 1. The standard InChI is InChI=1S/C15H14N2O3S2/c1-6-9(7(2)18)10(8-4-3-5-21-8)11-12(16)13(15(19)20)22-14(11)17-6/h3-5,12-13H,16H2,1-2H3,(H,19,20). The molecule has 3 N–H and O–H groups in total. The molecule has 2 aromatic heterocycles. The zero-order chi connectivity index (χ0) is 16.0. The van der Waals surface area contributed by atoms with E-state index < -0.39 is 17.3 Å². The van der Waals surface area contributed by atoms with E-state index in [0.717, 1.165) is 22.2 Å². The van der Waals surface area contributed by atoms with Crippen molar-refractivity contribution in [1.82, 2.24) is 4.98 Å². The number of aliphatic carboxylic acids is 1. The lowest BCUT2D eigenvalue weighted by molar-refractivity contribution is -0.136. The predicted molar refractivity (Wildman–Crippen MR) is 86.5 cm³/mol. The number of carboxylic acids is 1. The minimum absolute atomic E-state index is 0.0906. The molecule has 0 aliphatic carbocycles. The number of carbonyl (C=O) groups excluding carboxylic acids is 1. The molecule has 0 bridgehead atoms. The normalized spacial score (nSPS) is 20.0. The molecule has 5 nitrogen and oxygen atoms in total. The van der Waals surface area contributed by atoms with Crippen molar-refractivity contribution in [3.63, 3.8) is 0 Å². The second-order valence-electron chi connectivity index (χ2n) is 5.10. The van der Waals surface area contributed by atoms with Gasteiger partial charge in [0.15, 0.2) is 5.78 Å². The van der Waals surface area contributed by atoms with E-state index in [0.29, 0.717) is 21.8 Å². The van der Waals surface area contributed by atoms with Gasteiger partial charge in [-0.25, -0.2) is 4.98 Å². The van der Waals surface area contributed by atoms with Crippen LogP contribution in [0.5, 0.6) is 0 Å². The topological polar surface area (TPSA) is 93.3 Å². The molecule has 3 rings (SSSR count). The molecule has 7 heteroatoms. The highest BCUT2D eigenvalue weighted by atomic mass is 32.2. The molecule has 2 unspecified atom stereocenters. The first kappa shape index (κ1) is 15.2. The van der Waals surface area contributed by atoms with Gasteiger partial charge in [0.1, 0.15) is 10.3 Å². The summed E-state index contributed by atoms with van der Waals surface area (Å²) in [5.41, 5.74) is 8.73. The fourth-order valence-electron chi connectivity index (χ4n) is 2.75. The highest BCUT2D eigenvalue weighted by molar-refractivity contribution is 8.00. The molecule has 1 aliphatic heterocycles. The summed E-state index contributed by atoms with van der Waals surface area (Å²) in [4.78, 5) is 28.8. The Bertz CT molecular complexity index is 772. The third-order valence-electron chi connectivity index (χ3n) is 3.64. The molecule has 2 atom stereocenters. The number of carboxylic acid groups (broad SMARTS) is 1. The molecule has 0 saturated heterocycles. The molecule has 0 aromatic carbocycles. The lowest BCUT2D eigenvalue weighted by Crippen LogP contribution is -2.27. The smallest absolute Gasteiger partial charge is 0.319 e. The predicted octanol–water partition coefficient (Wildman–Crippen LogP) is 2.88. The maximum absolute atomic E-state index is 12.1. The lowest BCUT2D eigenvalue weighted by atomic mass is 9.92. The zero-order valence-electron chi connectivity index (χ0n) is 12.0. The van der Waals surface area contributed by atoms with Crippen molar-refractivity contribution in [1.29, 1.82) is 0 Å². The highest BCUT2D eigenvalue weighted by Crippen LogP contribution is 2.48. The third-order valence-corrected chi connectivity index (χ3v) is 5.81. The van der Waals surface area contributed by atoms with Crippen LogP contribution in [0.25, 0.3) is 10.4 Å². The Hall–Kier alpha value is -1.70. The van der Waals surface area contributed by atoms with Crippen LogP contribution >= 0.6 is 23.1 Å². The van der Waals surface area contributed by atoms with Crippen molar-refractivity contribution in [2.45, 2.75) is 30.2 Å². The van der Waals surface area contributed by atoms with Gasteiger partial charge in [0, 0.05) is 21.6 Å². The molecule has 2 aromatic rings. The molecule has 1 aliphatic rings. The Balaban J connectivity index is 2.32. The molecular weight excluding hydrogens is 320 g/mol. The Labute approximate surface area is 135 Å². The molecule has 3 heterocycles. The summed E-state index contributed by atoms with van der Waals surface area (Å²) in [5.74, 6) is -1.05. The number of thioether (sulfide) groups is 1. The van der Waals surface area contributed by atoms with Crippen LogP contribution in [0.15, 0.2) is 22.5 Å². The van der Waals surface area contributed by atoms with Gasteiger partial charge in [-0.2, -0.15) is 0 Å². The van der Waals surface area contributed by atoms with Crippen LogP contribution in [0.1, 0.15) is 34.6 Å². The van der Waals surface area contributed by atoms with Crippen molar-refractivity contribution in [3.05, 3.63) is 34.3 Å². The average molecular weight is 334 g/mol. The van der Waals surface area contributed by atoms with Crippen LogP contribution < -0.4 is 5.73 Å². The summed E-state index contributed by atoms with van der Waals surface area (Å²) in [7, 11) is 0. The van der Waals surface area contributed by atoms with Gasteiger partial charge >= 0.3 is 5.97 Å². The van der Waals surface area contributed by atoms with Crippen molar-refractivity contribution in [2.24, 2.45) is 5.73 Å². The highest BCUT2D eigenvalue weighted by Gasteiger charge is 2.40. The molecule has 0 spiro atoms. The first-order valence-corrected chi connectivity index (χ1v) is 8.42. The number of carbonyl (C=O) groups is 2. The van der Waals surface area contributed by atoms with Gasteiger partial charge < -0.3 is 10.8 Å². The number of hydrogen-bond donors (Lipinski definition) is 2. The number of aryl methyl sites for hydroxylation is 1. The van der Waals surface area contributed by atoms with E-state index in [1.54, 1.807) is 6.92 Å². The molecule has 114 valence electrons. The molecular formula is C15H14N2O3S2. The minimum Gasteiger partial charge on any atom is -0.480 e. The summed E-state index contributed by atoms with van der Waals surface area (Å²) in [6.07, 6.45) is 0. The minimum atomic E-state index is -0.963. The summed E-state index contributed by atoms with van der Waals surface area (Å²) in [5, 5.41) is 11.1. The van der Waals surface area contributed by atoms with Crippen molar-refractivity contribution < 1.29 is 14.7 Å². The van der Waals surface area contributed by atoms with E-state index >= 15 is 0 Å². The van der Waals surface area contributed by atoms with Gasteiger partial charge in [0.25, 0.3) is 0 Å². The van der Waals surface area contributed by atoms with E-state index in [1.807, 2.05) is 17.5 Å². The molecule has 0 radical (unpaired) electrons. The van der Waals surface area contributed by atoms with Crippen LogP contribution in [0.3, 0.4) is 0 Å². The Kier molecular flexibility index (Phi) is 3.80. The molecule has 0 saturated carbocycles. The summed E-state index contributed by atoms with van der Waals surface area (Å²) >= 11 is 2.66. The first-order chi connectivity index (χ1) is 10.4. The van der Waals surface area contributed by atoms with Crippen LogP contribution in [-0.4, -0.2) is 27.1 Å². The Morgan fingerprint density at radius 3 is 2.68 bits per heavy atom. The van der Waals surface area contributed by atoms with Gasteiger partial charge in [-0.15, -0.1) is 11.3 Å². The number of fused-ring (bicyclic) bond motifs is 1. The lowest BCUT2D eigenvalue weighted by Gasteiger charge is -2.16. The largest absolute Gasteiger partial charge is 0.480 e. The Morgan fingerprint density at radius 2 is 2.14 bits per heavy atom. The number of hydrogen-bond acceptors (Lipinski definition) is 6. The fraction of sp³-hybridized carbons (Fsp3) is 0.267. The van der Waals surface area contributed by atoms with Crippen molar-refractivity contribution in [3.8, 4) is 10.4 Å². The number of Topliss-reactive ketones (excluding diaryl/α,β-unsaturated/α-hetero) is 1. The summed E-state index contributed by atoms with van der Waals surface area (Å²) < 4.78 is 0. The van der Waals surface area contributed by atoms with Crippen LogP contribution in [-0.2, 0) is 4.79 Å². The van der Waals surface area contributed by atoms with Crippen LogP contribution in [0.4, 0.5) is 0 Å². The van der Waals surface area contributed by atoms with Crippen molar-refractivity contribution >= 4 is 34.9 Å². The van der Waals surface area contributed by atoms with E-state index in [-0.39, 0.29) is 5.78 Å². The van der Waals surface area contributed by atoms with Gasteiger partial charge in [0.05, 0.1) is 11.7 Å². The number of nitrogens with two attached hydrogens (primary N) is 1. The summed E-state index contributed by atoms with van der Waals surface area (Å²) in [6, 6.07) is 3.13. The van der Waals surface area contributed by atoms with Crippen LogP contribution in [0.2, 0.25) is 0 Å². The molecule has 22 heavy (non-hydrogen) atoms. The molecule has 0 amide bonds. The van der Waals surface area contributed by atoms with E-state index in [4.69, 9.17) is 5.73 Å². The number of ketones is 1. The number of nitrogens with zero attached hydrogens (tertiary/aromatic N) is 1. The first-order valence-electron chi connectivity index (χ1n) is 6.66. The number of rotatable bonds is 3. The second kappa shape index (κ2) is 5.49. The average Bonchev–Trinajstić information content (AvgIpc) is 3.05. The third kappa shape index (κ3) is 2.25. The number of pyridine rings is 1. The fourth-order valence-corrected chi connectivity index (χ4v) is 4.72. The van der Waals surface area contributed by atoms with E-state index in [2.05, 4.69) is 4.98 Å². The summed E-state index contributed by atoms with van der Waals surface area (Å²) in [6.45, 7) is 3.27. The maximum Gasteiger partial charge on any atom is 0.319 e. The van der Waals surface area contributed by atoms with Gasteiger partial charge in [-0.05, 0) is 25.3 Å². The van der Waals surface area contributed by atoms with Gasteiger partial charge in [-0.1, -0.05) is 17.8 Å². The zero-order valence-corrected chi connectivity index (χ0v) is 13.6. The monoisotopic (exact) mass is 334 g/mol. The van der Waals surface area contributed by atoms with E-state index in [9.17, 15) is 14.7 Å². The van der Waals surface area contributed by atoms with Crippen LogP contribution in [0, 0.1) is 6.92 Å². The van der Waals surface area contributed by atoms with Crippen molar-refractivity contribution in [2.75, 3.05) is 0 Å². The quantitative estimate of drug-likeness (QED) is 0.838. The number of thiophene rings is 1. The maximum atomic E-state index is 12.1. The van der Waals surface area contributed by atoms with Gasteiger partial charge in [0.2, 0.25) is 0 Å². The molecule has 0 fully saturated rings. The van der Waals surface area contributed by atoms with E-state index in [1.165, 1.54) is 18.3 Å². The second-order valence-corrected chi connectivity index (χ2v) is 7.18. The van der Waals surface area contributed by atoms with Gasteiger partial charge in [-0.3, -0.25) is 9.59 Å².